The van der Waals surface area contributed by atoms with Crippen molar-refractivity contribution < 1.29 is 21.6 Å². The summed E-state index contributed by atoms with van der Waals surface area (Å²) < 4.78 is 43.8. The van der Waals surface area contributed by atoms with Crippen molar-refractivity contribution >= 4 is 25.6 Å². The largest absolute Gasteiger partial charge is 0.354 e. The molecule has 0 saturated heterocycles. The van der Waals surface area contributed by atoms with Crippen molar-refractivity contribution in [1.29, 1.82) is 0 Å². The maximum atomic E-state index is 11.5. The smallest absolute Gasteiger partial charge is 0.254 e. The molecule has 0 radical (unpaired) electrons. The van der Waals surface area contributed by atoms with E-state index in [4.69, 9.17) is 0 Å². The highest BCUT2D eigenvalue weighted by molar-refractivity contribution is 8.12. The number of carbonyl (C=O) groups excluding carboxylic acids is 1. The zero-order valence-corrected chi connectivity index (χ0v) is 11.1. The minimum atomic E-state index is -4.27. The second kappa shape index (κ2) is 5.97. The van der Waals surface area contributed by atoms with Crippen LogP contribution in [-0.4, -0.2) is 33.9 Å². The Morgan fingerprint density at radius 3 is 1.88 bits per heavy atom. The number of amides is 1. The Morgan fingerprint density at radius 2 is 1.59 bits per heavy atom. The van der Waals surface area contributed by atoms with E-state index < -0.39 is 30.2 Å². The molecule has 0 heterocycles. The van der Waals surface area contributed by atoms with Crippen LogP contribution < -0.4 is 5.32 Å². The molecule has 1 N–H and O–H groups in total. The highest BCUT2D eigenvalue weighted by Gasteiger charge is 2.40. The van der Waals surface area contributed by atoms with Crippen molar-refractivity contribution in [3.05, 3.63) is 24.0 Å². The van der Waals surface area contributed by atoms with Gasteiger partial charge in [0, 0.05) is 17.4 Å². The molecule has 0 spiro atoms. The third-order valence-corrected chi connectivity index (χ3v) is 5.99. The minimum absolute atomic E-state index is 0.189. The zero-order chi connectivity index (χ0) is 13.7. The van der Waals surface area contributed by atoms with Gasteiger partial charge in [-0.1, -0.05) is 20.1 Å². The summed E-state index contributed by atoms with van der Waals surface area (Å²) in [5.74, 6) is -1.09. The number of hydrogen-bond acceptors (Lipinski definition) is 5. The van der Waals surface area contributed by atoms with E-state index in [1.54, 1.807) is 6.92 Å². The molecule has 1 amide bonds. The van der Waals surface area contributed by atoms with Crippen LogP contribution in [0.3, 0.4) is 0 Å². The Labute approximate surface area is 101 Å². The van der Waals surface area contributed by atoms with Crippen LogP contribution >= 0.6 is 0 Å². The summed E-state index contributed by atoms with van der Waals surface area (Å²) in [6, 6.07) is 0. The molecule has 0 aromatic carbocycles. The zero-order valence-electron chi connectivity index (χ0n) is 9.42. The fourth-order valence-electron chi connectivity index (χ4n) is 0.992. The summed E-state index contributed by atoms with van der Waals surface area (Å²) in [6.45, 7) is 7.93. The van der Waals surface area contributed by atoms with E-state index in [-0.39, 0.29) is 6.54 Å². The number of rotatable bonds is 7. The van der Waals surface area contributed by atoms with Crippen molar-refractivity contribution in [3.8, 4) is 0 Å². The molecule has 0 aromatic heterocycles. The molecule has 0 aromatic rings. The number of nitrogens with one attached hydrogen (secondary N) is 1. The summed E-state index contributed by atoms with van der Waals surface area (Å²) in [7, 11) is -8.53. The lowest BCUT2D eigenvalue weighted by molar-refractivity contribution is -0.119. The summed E-state index contributed by atoms with van der Waals surface area (Å²) in [4.78, 5) is 11.5. The summed E-state index contributed by atoms with van der Waals surface area (Å²) in [5.41, 5.74) is 0. The fraction of sp³-hybridized carbons (Fsp3) is 0.444. The number of carbonyl (C=O) groups is 1. The topological polar surface area (TPSA) is 97.4 Å². The first-order valence-corrected chi connectivity index (χ1v) is 7.95. The van der Waals surface area contributed by atoms with Crippen molar-refractivity contribution in [3.63, 3.8) is 0 Å². The third kappa shape index (κ3) is 3.97. The highest BCUT2D eigenvalue weighted by Crippen LogP contribution is 2.13. The van der Waals surface area contributed by atoms with E-state index in [0.29, 0.717) is 17.2 Å². The first kappa shape index (κ1) is 15.9. The fourth-order valence-corrected chi connectivity index (χ4v) is 4.07. The SMILES string of the molecule is C=CS(=O)(=O)C(C(=O)NCCC)S(=O)(=O)C=C. The average molecular weight is 281 g/mol. The highest BCUT2D eigenvalue weighted by atomic mass is 32.3. The van der Waals surface area contributed by atoms with E-state index in [1.165, 1.54) is 0 Å². The molecule has 6 nitrogen and oxygen atoms in total. The Balaban J connectivity index is 5.52. The van der Waals surface area contributed by atoms with Gasteiger partial charge in [0.2, 0.25) is 4.58 Å². The molecule has 0 saturated carbocycles. The predicted octanol–water partition coefficient (Wildman–Crippen LogP) is -0.0447. The van der Waals surface area contributed by atoms with Gasteiger partial charge in [0.25, 0.3) is 5.91 Å². The van der Waals surface area contributed by atoms with Gasteiger partial charge in [-0.15, -0.1) is 0 Å². The molecule has 0 aliphatic carbocycles. The van der Waals surface area contributed by atoms with Gasteiger partial charge in [-0.05, 0) is 6.42 Å². The van der Waals surface area contributed by atoms with Crippen LogP contribution in [0, 0.1) is 0 Å². The van der Waals surface area contributed by atoms with Gasteiger partial charge in [-0.3, -0.25) is 4.79 Å². The van der Waals surface area contributed by atoms with Crippen molar-refractivity contribution in [1.82, 2.24) is 5.32 Å². The van der Waals surface area contributed by atoms with Gasteiger partial charge in [-0.25, -0.2) is 16.8 Å². The standard InChI is InChI=1S/C9H15NO5S2/c1-4-7-10-8(11)9(16(12,13)5-2)17(14,15)6-3/h5-6,9H,2-4,7H2,1H3,(H,10,11). The average Bonchev–Trinajstić information content (AvgIpc) is 2.25. The molecule has 0 rings (SSSR count). The molecule has 8 heteroatoms. The summed E-state index contributed by atoms with van der Waals surface area (Å²) >= 11 is 0. The predicted molar refractivity (Wildman–Crippen MR) is 65.3 cm³/mol. The molecule has 17 heavy (non-hydrogen) atoms. The molecule has 0 aliphatic heterocycles. The quantitative estimate of drug-likeness (QED) is 0.706. The van der Waals surface area contributed by atoms with Crippen LogP contribution in [0.1, 0.15) is 13.3 Å². The van der Waals surface area contributed by atoms with Crippen molar-refractivity contribution in [2.75, 3.05) is 6.54 Å². The maximum absolute atomic E-state index is 11.5. The normalized spacial score (nSPS) is 12.1. The lowest BCUT2D eigenvalue weighted by atomic mass is 10.5. The third-order valence-electron chi connectivity index (χ3n) is 1.82. The van der Waals surface area contributed by atoms with Crippen LogP contribution in [0.5, 0.6) is 0 Å². The monoisotopic (exact) mass is 281 g/mol. The molecule has 0 unspecified atom stereocenters. The van der Waals surface area contributed by atoms with Gasteiger partial charge in [-0.2, -0.15) is 0 Å². The van der Waals surface area contributed by atoms with E-state index >= 15 is 0 Å². The summed E-state index contributed by atoms with van der Waals surface area (Å²) in [5, 5.41) is 3.12. The van der Waals surface area contributed by atoms with Crippen molar-refractivity contribution in [2.24, 2.45) is 0 Å². The number of sulfone groups is 2. The van der Waals surface area contributed by atoms with Crippen LogP contribution in [-0.2, 0) is 24.5 Å². The lowest BCUT2D eigenvalue weighted by Gasteiger charge is -2.13. The van der Waals surface area contributed by atoms with E-state index in [9.17, 15) is 21.6 Å². The van der Waals surface area contributed by atoms with Gasteiger partial charge in [0.05, 0.1) is 0 Å². The Hall–Kier alpha value is -1.15. The minimum Gasteiger partial charge on any atom is -0.354 e. The van der Waals surface area contributed by atoms with Crippen LogP contribution in [0.4, 0.5) is 0 Å². The second-order valence-corrected chi connectivity index (χ2v) is 7.40. The molecular weight excluding hydrogens is 266 g/mol. The van der Waals surface area contributed by atoms with E-state index in [0.717, 1.165) is 0 Å². The summed E-state index contributed by atoms with van der Waals surface area (Å²) in [6.07, 6.45) is 0.556. The molecular formula is C9H15NO5S2. The molecule has 98 valence electrons. The Morgan fingerprint density at radius 1 is 1.18 bits per heavy atom. The van der Waals surface area contributed by atoms with E-state index in [2.05, 4.69) is 18.5 Å². The lowest BCUT2D eigenvalue weighted by Crippen LogP contribution is -2.43. The molecule has 0 bridgehead atoms. The van der Waals surface area contributed by atoms with Crippen LogP contribution in [0.25, 0.3) is 0 Å². The molecule has 0 aliphatic rings. The first-order valence-electron chi connectivity index (χ1n) is 4.73. The van der Waals surface area contributed by atoms with Crippen LogP contribution in [0.15, 0.2) is 24.0 Å². The molecule has 0 atom stereocenters. The van der Waals surface area contributed by atoms with Gasteiger partial charge < -0.3 is 5.32 Å². The molecule has 0 fully saturated rings. The Kier molecular flexibility index (Phi) is 5.56. The van der Waals surface area contributed by atoms with Crippen LogP contribution in [0.2, 0.25) is 0 Å². The maximum Gasteiger partial charge on any atom is 0.254 e. The van der Waals surface area contributed by atoms with Gasteiger partial charge >= 0.3 is 0 Å². The second-order valence-electron chi connectivity index (χ2n) is 3.13. The number of hydrogen-bond donors (Lipinski definition) is 1. The Bertz CT molecular complexity index is 466. The van der Waals surface area contributed by atoms with Gasteiger partial charge in [0.1, 0.15) is 0 Å². The first-order chi connectivity index (χ1) is 7.72. The van der Waals surface area contributed by atoms with Gasteiger partial charge in [0.15, 0.2) is 19.7 Å². The van der Waals surface area contributed by atoms with Crippen molar-refractivity contribution in [2.45, 2.75) is 17.9 Å². The van der Waals surface area contributed by atoms with E-state index in [1.807, 2.05) is 0 Å².